The first-order chi connectivity index (χ1) is 9.65. The van der Waals surface area contributed by atoms with Gasteiger partial charge in [-0.1, -0.05) is 30.3 Å². The molecule has 0 bridgehead atoms. The van der Waals surface area contributed by atoms with Gasteiger partial charge < -0.3 is 10.6 Å². The third-order valence-corrected chi connectivity index (χ3v) is 3.90. The molecule has 0 aromatic heterocycles. The molecule has 0 fully saturated rings. The van der Waals surface area contributed by atoms with Crippen LogP contribution in [0.3, 0.4) is 0 Å². The van der Waals surface area contributed by atoms with E-state index in [4.69, 9.17) is 5.73 Å². The Hall–Kier alpha value is -2.00. The van der Waals surface area contributed by atoms with Gasteiger partial charge in [0.2, 0.25) is 0 Å². The summed E-state index contributed by atoms with van der Waals surface area (Å²) in [5.41, 5.74) is 9.64. The maximum absolute atomic E-state index is 12.6. The molecule has 2 N–H and O–H groups in total. The molecule has 4 heteroatoms. The average molecular weight is 303 g/mol. The van der Waals surface area contributed by atoms with Crippen molar-refractivity contribution in [2.45, 2.75) is 25.9 Å². The van der Waals surface area contributed by atoms with Crippen LogP contribution in [0.25, 0.3) is 0 Å². The number of anilines is 1. The molecule has 0 spiro atoms. The second kappa shape index (κ2) is 6.19. The topological polar surface area (TPSA) is 46.3 Å². The largest absolute Gasteiger partial charge is 0.399 e. The molecule has 3 rings (SSSR count). The van der Waals surface area contributed by atoms with Crippen LogP contribution < -0.4 is 5.73 Å². The molecule has 1 aliphatic rings. The van der Waals surface area contributed by atoms with Gasteiger partial charge in [0.1, 0.15) is 0 Å². The van der Waals surface area contributed by atoms with Crippen molar-refractivity contribution in [3.05, 3.63) is 65.2 Å². The van der Waals surface area contributed by atoms with Crippen LogP contribution in [0.4, 0.5) is 5.69 Å². The first-order valence-corrected chi connectivity index (χ1v) is 6.88. The van der Waals surface area contributed by atoms with E-state index in [1.54, 1.807) is 12.1 Å². The molecule has 0 saturated carbocycles. The van der Waals surface area contributed by atoms with E-state index in [1.807, 2.05) is 23.1 Å². The van der Waals surface area contributed by atoms with E-state index in [-0.39, 0.29) is 24.4 Å². The Morgan fingerprint density at radius 1 is 1.14 bits per heavy atom. The van der Waals surface area contributed by atoms with Crippen LogP contribution in [0.5, 0.6) is 0 Å². The third-order valence-electron chi connectivity index (χ3n) is 3.90. The summed E-state index contributed by atoms with van der Waals surface area (Å²) in [5.74, 6) is 0.0549. The number of nitrogens with zero attached hydrogens (tertiary/aromatic N) is 1. The predicted octanol–water partition coefficient (Wildman–Crippen LogP) is 3.28. The highest BCUT2D eigenvalue weighted by atomic mass is 35.5. The molecular weight excluding hydrogens is 284 g/mol. The summed E-state index contributed by atoms with van der Waals surface area (Å²) in [6.07, 6.45) is 0.907. The summed E-state index contributed by atoms with van der Waals surface area (Å²) < 4.78 is 0. The summed E-state index contributed by atoms with van der Waals surface area (Å²) in [6.45, 7) is 2.77. The summed E-state index contributed by atoms with van der Waals surface area (Å²) in [4.78, 5) is 14.6. The lowest BCUT2D eigenvalue weighted by Crippen LogP contribution is -2.42. The molecule has 110 valence electrons. The van der Waals surface area contributed by atoms with E-state index in [1.165, 1.54) is 11.1 Å². The predicted molar refractivity (Wildman–Crippen MR) is 87.6 cm³/mol. The van der Waals surface area contributed by atoms with Crippen LogP contribution in [0.1, 0.15) is 28.4 Å². The lowest BCUT2D eigenvalue weighted by molar-refractivity contribution is 0.0658. The van der Waals surface area contributed by atoms with Crippen LogP contribution in [-0.4, -0.2) is 16.8 Å². The number of benzene rings is 2. The van der Waals surface area contributed by atoms with Gasteiger partial charge in [0, 0.05) is 23.8 Å². The molecule has 1 unspecified atom stereocenters. The maximum atomic E-state index is 12.6. The van der Waals surface area contributed by atoms with Gasteiger partial charge in [-0.25, -0.2) is 0 Å². The third kappa shape index (κ3) is 3.03. The standard InChI is InChI=1S/C17H18N2O.ClH/c1-12-9-13-5-2-3-6-15(13)11-19(12)17(20)14-7-4-8-16(18)10-14;/h2-8,10,12H,9,11,18H2,1H3;1H. The molecule has 2 aromatic rings. The van der Waals surface area contributed by atoms with Crippen molar-refractivity contribution in [1.82, 2.24) is 4.90 Å². The van der Waals surface area contributed by atoms with Crippen molar-refractivity contribution in [1.29, 1.82) is 0 Å². The van der Waals surface area contributed by atoms with E-state index >= 15 is 0 Å². The molecule has 0 saturated heterocycles. The van der Waals surface area contributed by atoms with E-state index in [9.17, 15) is 4.79 Å². The zero-order chi connectivity index (χ0) is 14.1. The first kappa shape index (κ1) is 15.4. The molecule has 2 aromatic carbocycles. The Morgan fingerprint density at radius 3 is 2.57 bits per heavy atom. The van der Waals surface area contributed by atoms with Crippen LogP contribution in [0.2, 0.25) is 0 Å². The fourth-order valence-electron chi connectivity index (χ4n) is 2.79. The van der Waals surface area contributed by atoms with E-state index < -0.39 is 0 Å². The van der Waals surface area contributed by atoms with Gasteiger partial charge in [-0.15, -0.1) is 12.4 Å². The lowest BCUT2D eigenvalue weighted by Gasteiger charge is -2.35. The number of nitrogen functional groups attached to an aromatic ring is 1. The maximum Gasteiger partial charge on any atom is 0.254 e. The number of hydrogen-bond acceptors (Lipinski definition) is 2. The monoisotopic (exact) mass is 302 g/mol. The molecule has 0 radical (unpaired) electrons. The number of halogens is 1. The van der Waals surface area contributed by atoms with Crippen molar-refractivity contribution >= 4 is 24.0 Å². The van der Waals surface area contributed by atoms with Gasteiger partial charge >= 0.3 is 0 Å². The summed E-state index contributed by atoms with van der Waals surface area (Å²) >= 11 is 0. The molecule has 21 heavy (non-hydrogen) atoms. The SMILES string of the molecule is CC1Cc2ccccc2CN1C(=O)c1cccc(N)c1.Cl. The Kier molecular flexibility index (Phi) is 4.53. The van der Waals surface area contributed by atoms with Gasteiger partial charge in [-0.2, -0.15) is 0 Å². The minimum Gasteiger partial charge on any atom is -0.399 e. The van der Waals surface area contributed by atoms with Gasteiger partial charge in [0.25, 0.3) is 5.91 Å². The van der Waals surface area contributed by atoms with Crippen LogP contribution >= 0.6 is 12.4 Å². The Labute approximate surface area is 131 Å². The molecule has 1 heterocycles. The highest BCUT2D eigenvalue weighted by molar-refractivity contribution is 5.95. The average Bonchev–Trinajstić information content (AvgIpc) is 2.46. The molecular formula is C17H19ClN2O. The number of carbonyl (C=O) groups excluding carboxylic acids is 1. The number of carbonyl (C=O) groups is 1. The first-order valence-electron chi connectivity index (χ1n) is 6.88. The molecule has 0 aliphatic carbocycles. The van der Waals surface area contributed by atoms with Gasteiger partial charge in [0.05, 0.1) is 0 Å². The van der Waals surface area contributed by atoms with Gasteiger partial charge in [-0.3, -0.25) is 4.79 Å². The molecule has 1 amide bonds. The summed E-state index contributed by atoms with van der Waals surface area (Å²) in [6, 6.07) is 15.7. The second-order valence-electron chi connectivity index (χ2n) is 5.38. The minimum absolute atomic E-state index is 0. The second-order valence-corrected chi connectivity index (χ2v) is 5.38. The highest BCUT2D eigenvalue weighted by Gasteiger charge is 2.27. The fraction of sp³-hybridized carbons (Fsp3) is 0.235. The normalized spacial score (nSPS) is 16.8. The quantitative estimate of drug-likeness (QED) is 0.822. The highest BCUT2D eigenvalue weighted by Crippen LogP contribution is 2.25. The van der Waals surface area contributed by atoms with Crippen LogP contribution in [0.15, 0.2) is 48.5 Å². The zero-order valence-corrected chi connectivity index (χ0v) is 12.8. The van der Waals surface area contributed by atoms with Crippen molar-refractivity contribution < 1.29 is 4.79 Å². The Morgan fingerprint density at radius 2 is 1.86 bits per heavy atom. The van der Waals surface area contributed by atoms with Crippen LogP contribution in [-0.2, 0) is 13.0 Å². The number of amides is 1. The molecule has 1 atom stereocenters. The Bertz CT molecular complexity index is 657. The van der Waals surface area contributed by atoms with Crippen molar-refractivity contribution in [3.8, 4) is 0 Å². The van der Waals surface area contributed by atoms with Crippen molar-refractivity contribution in [3.63, 3.8) is 0 Å². The smallest absolute Gasteiger partial charge is 0.254 e. The lowest BCUT2D eigenvalue weighted by atomic mass is 9.94. The van der Waals surface area contributed by atoms with Gasteiger partial charge in [0.15, 0.2) is 0 Å². The van der Waals surface area contributed by atoms with E-state index in [0.717, 1.165) is 6.42 Å². The summed E-state index contributed by atoms with van der Waals surface area (Å²) in [5, 5.41) is 0. The zero-order valence-electron chi connectivity index (χ0n) is 12.0. The van der Waals surface area contributed by atoms with Crippen molar-refractivity contribution in [2.24, 2.45) is 0 Å². The fourth-order valence-corrected chi connectivity index (χ4v) is 2.79. The van der Waals surface area contributed by atoms with E-state index in [0.29, 0.717) is 17.8 Å². The number of nitrogens with two attached hydrogens (primary N) is 1. The van der Waals surface area contributed by atoms with Crippen LogP contribution in [0, 0.1) is 0 Å². The number of hydrogen-bond donors (Lipinski definition) is 1. The molecule has 1 aliphatic heterocycles. The Balaban J connectivity index is 0.00000161. The number of fused-ring (bicyclic) bond motifs is 1. The van der Waals surface area contributed by atoms with Gasteiger partial charge in [-0.05, 0) is 42.7 Å². The molecule has 3 nitrogen and oxygen atoms in total. The minimum atomic E-state index is 0. The van der Waals surface area contributed by atoms with E-state index in [2.05, 4.69) is 25.1 Å². The summed E-state index contributed by atoms with van der Waals surface area (Å²) in [7, 11) is 0. The number of rotatable bonds is 1. The van der Waals surface area contributed by atoms with Crippen molar-refractivity contribution in [2.75, 3.05) is 5.73 Å².